The number of halogens is 3. The summed E-state index contributed by atoms with van der Waals surface area (Å²) < 4.78 is 68.7. The number of sulfonamides is 1. The van der Waals surface area contributed by atoms with Crippen molar-refractivity contribution in [1.29, 1.82) is 0 Å². The number of carbonyl (C=O) groups is 2. The molecule has 0 atom stereocenters. The van der Waals surface area contributed by atoms with E-state index < -0.39 is 57.1 Å². The van der Waals surface area contributed by atoms with Crippen molar-refractivity contribution in [2.75, 3.05) is 13.7 Å². The van der Waals surface area contributed by atoms with Crippen LogP contribution in [0.4, 0.5) is 13.2 Å². The van der Waals surface area contributed by atoms with Gasteiger partial charge in [0.2, 0.25) is 10.0 Å². The van der Waals surface area contributed by atoms with Crippen LogP contribution in [0.15, 0.2) is 23.1 Å². The monoisotopic (exact) mass is 355 g/mol. The third-order valence-corrected chi connectivity index (χ3v) is 4.10. The number of methoxy groups -OCH3 is 1. The summed E-state index contributed by atoms with van der Waals surface area (Å²) in [6, 6.07) is 1.76. The maximum Gasteiger partial charge on any atom is 0.417 e. The number of hydrogen-bond acceptors (Lipinski definition) is 5. The minimum Gasteiger partial charge on any atom is -0.481 e. The van der Waals surface area contributed by atoms with Gasteiger partial charge in [-0.2, -0.15) is 13.2 Å². The summed E-state index contributed by atoms with van der Waals surface area (Å²) in [7, 11) is -3.46. The van der Waals surface area contributed by atoms with E-state index in [1.54, 1.807) is 0 Å². The van der Waals surface area contributed by atoms with Crippen LogP contribution >= 0.6 is 0 Å². The van der Waals surface area contributed by atoms with Crippen molar-refractivity contribution in [2.24, 2.45) is 0 Å². The van der Waals surface area contributed by atoms with Crippen molar-refractivity contribution in [3.05, 3.63) is 29.3 Å². The Kier molecular flexibility index (Phi) is 5.72. The molecule has 0 aromatic heterocycles. The third-order valence-electron chi connectivity index (χ3n) is 2.64. The van der Waals surface area contributed by atoms with Gasteiger partial charge in [0.25, 0.3) is 0 Å². The minimum atomic E-state index is -4.98. The van der Waals surface area contributed by atoms with Gasteiger partial charge in [0.1, 0.15) is 0 Å². The second-order valence-corrected chi connectivity index (χ2v) is 6.01. The molecule has 0 bridgehead atoms. The number of carboxylic acid groups (broad SMARTS) is 1. The molecule has 0 aliphatic carbocycles. The fourth-order valence-electron chi connectivity index (χ4n) is 1.59. The molecule has 0 fully saturated rings. The molecule has 1 aromatic rings. The molecular formula is C12H12F3NO6S. The first-order chi connectivity index (χ1) is 10.5. The average Bonchev–Trinajstić information content (AvgIpc) is 2.44. The number of hydrogen-bond donors (Lipinski definition) is 2. The molecule has 0 spiro atoms. The van der Waals surface area contributed by atoms with Gasteiger partial charge in [-0.1, -0.05) is 0 Å². The summed E-state index contributed by atoms with van der Waals surface area (Å²) in [5, 5.41) is 8.42. The van der Waals surface area contributed by atoms with Gasteiger partial charge in [-0.3, -0.25) is 4.79 Å². The summed E-state index contributed by atoms with van der Waals surface area (Å²) in [6.07, 6.45) is -5.51. The normalized spacial score (nSPS) is 12.0. The van der Waals surface area contributed by atoms with Crippen LogP contribution < -0.4 is 4.72 Å². The van der Waals surface area contributed by atoms with Crippen LogP contribution in [0.2, 0.25) is 0 Å². The Morgan fingerprint density at radius 3 is 2.39 bits per heavy atom. The number of nitrogens with one attached hydrogen (secondary N) is 1. The number of rotatable bonds is 6. The summed E-state index contributed by atoms with van der Waals surface area (Å²) in [5.41, 5.74) is -2.30. The Labute approximate surface area is 129 Å². The first-order valence-electron chi connectivity index (χ1n) is 6.00. The summed E-state index contributed by atoms with van der Waals surface area (Å²) in [5.74, 6) is -2.54. The molecule has 11 heteroatoms. The Morgan fingerprint density at radius 2 is 1.91 bits per heavy atom. The van der Waals surface area contributed by atoms with Crippen LogP contribution in [0.1, 0.15) is 22.3 Å². The number of ether oxygens (including phenoxy) is 1. The van der Waals surface area contributed by atoms with Gasteiger partial charge in [-0.05, 0) is 18.2 Å². The number of benzene rings is 1. The molecule has 7 nitrogen and oxygen atoms in total. The van der Waals surface area contributed by atoms with Crippen LogP contribution in [0.25, 0.3) is 0 Å². The molecule has 0 radical (unpaired) electrons. The summed E-state index contributed by atoms with van der Waals surface area (Å²) in [4.78, 5) is 20.9. The van der Waals surface area contributed by atoms with Gasteiger partial charge in [0, 0.05) is 6.54 Å². The van der Waals surface area contributed by atoms with Crippen molar-refractivity contribution >= 4 is 22.0 Å². The number of alkyl halides is 3. The molecule has 0 heterocycles. The van der Waals surface area contributed by atoms with Crippen molar-refractivity contribution in [2.45, 2.75) is 17.5 Å². The van der Waals surface area contributed by atoms with Crippen molar-refractivity contribution in [1.82, 2.24) is 4.72 Å². The van der Waals surface area contributed by atoms with Crippen LogP contribution in [-0.4, -0.2) is 39.1 Å². The maximum absolute atomic E-state index is 13.0. The zero-order valence-electron chi connectivity index (χ0n) is 11.7. The highest BCUT2D eigenvalue weighted by Gasteiger charge is 2.37. The largest absolute Gasteiger partial charge is 0.481 e. The lowest BCUT2D eigenvalue weighted by atomic mass is 10.1. The average molecular weight is 355 g/mol. The molecule has 0 aliphatic rings. The van der Waals surface area contributed by atoms with E-state index in [9.17, 15) is 31.2 Å². The maximum atomic E-state index is 13.0. The van der Waals surface area contributed by atoms with Gasteiger partial charge in [0.15, 0.2) is 0 Å². The molecule has 2 N–H and O–H groups in total. The number of carboxylic acids is 1. The van der Waals surface area contributed by atoms with Crippen molar-refractivity contribution in [3.63, 3.8) is 0 Å². The van der Waals surface area contributed by atoms with Gasteiger partial charge in [-0.15, -0.1) is 0 Å². The minimum absolute atomic E-state index is 0.287. The lowest BCUT2D eigenvalue weighted by Gasteiger charge is -2.13. The smallest absolute Gasteiger partial charge is 0.417 e. The van der Waals surface area contributed by atoms with Gasteiger partial charge in [0.05, 0.1) is 29.6 Å². The van der Waals surface area contributed by atoms with E-state index in [0.29, 0.717) is 6.07 Å². The van der Waals surface area contributed by atoms with Gasteiger partial charge < -0.3 is 9.84 Å². The van der Waals surface area contributed by atoms with E-state index in [-0.39, 0.29) is 6.07 Å². The first-order valence-corrected chi connectivity index (χ1v) is 7.48. The second kappa shape index (κ2) is 6.96. The van der Waals surface area contributed by atoms with E-state index in [1.165, 1.54) is 0 Å². The number of esters is 1. The highest BCUT2D eigenvalue weighted by Crippen LogP contribution is 2.33. The Balaban J connectivity index is 3.24. The Bertz CT molecular complexity index is 714. The van der Waals surface area contributed by atoms with Gasteiger partial charge in [-0.25, -0.2) is 17.9 Å². The zero-order valence-corrected chi connectivity index (χ0v) is 12.5. The molecular weight excluding hydrogens is 343 g/mol. The predicted molar refractivity (Wildman–Crippen MR) is 70.2 cm³/mol. The van der Waals surface area contributed by atoms with Crippen LogP contribution in [0, 0.1) is 0 Å². The molecule has 0 unspecified atom stereocenters. The fraction of sp³-hybridized carbons (Fsp3) is 0.333. The highest BCUT2D eigenvalue weighted by atomic mass is 32.2. The first kappa shape index (κ1) is 18.9. The number of aliphatic carboxylic acids is 1. The Hall–Kier alpha value is -2.14. The molecule has 1 rings (SSSR count). The van der Waals surface area contributed by atoms with Crippen LogP contribution in [0.5, 0.6) is 0 Å². The van der Waals surface area contributed by atoms with E-state index in [0.717, 1.165) is 13.2 Å². The topological polar surface area (TPSA) is 110 Å². The number of carbonyl (C=O) groups excluding carboxylic acids is 1. The van der Waals surface area contributed by atoms with Crippen LogP contribution in [-0.2, 0) is 25.7 Å². The molecule has 0 saturated carbocycles. The lowest BCUT2D eigenvalue weighted by Crippen LogP contribution is -2.27. The summed E-state index contributed by atoms with van der Waals surface area (Å²) >= 11 is 0. The lowest BCUT2D eigenvalue weighted by molar-refractivity contribution is -0.138. The Morgan fingerprint density at radius 1 is 1.30 bits per heavy atom. The standard InChI is InChI=1S/C12H12F3NO6S/c1-22-11(19)8-3-2-7(6-9(8)12(13,14)15)23(20,21)16-5-4-10(17)18/h2-3,6,16H,4-5H2,1H3,(H,17,18). The van der Waals surface area contributed by atoms with E-state index in [4.69, 9.17) is 5.11 Å². The van der Waals surface area contributed by atoms with Crippen molar-refractivity contribution < 1.29 is 41.0 Å². The molecule has 1 aromatic carbocycles. The highest BCUT2D eigenvalue weighted by molar-refractivity contribution is 7.89. The molecule has 0 aliphatic heterocycles. The zero-order chi connectivity index (χ0) is 17.8. The second-order valence-electron chi connectivity index (χ2n) is 4.24. The molecule has 0 amide bonds. The molecule has 23 heavy (non-hydrogen) atoms. The van der Waals surface area contributed by atoms with E-state index in [2.05, 4.69) is 4.74 Å². The van der Waals surface area contributed by atoms with E-state index in [1.807, 2.05) is 4.72 Å². The predicted octanol–water partition coefficient (Wildman–Crippen LogP) is 1.24. The van der Waals surface area contributed by atoms with Gasteiger partial charge >= 0.3 is 18.1 Å². The van der Waals surface area contributed by atoms with Crippen LogP contribution in [0.3, 0.4) is 0 Å². The van der Waals surface area contributed by atoms with Crippen molar-refractivity contribution in [3.8, 4) is 0 Å². The van der Waals surface area contributed by atoms with E-state index >= 15 is 0 Å². The summed E-state index contributed by atoms with van der Waals surface area (Å²) in [6.45, 7) is -0.488. The fourth-order valence-corrected chi connectivity index (χ4v) is 2.65. The third kappa shape index (κ3) is 4.93. The quantitative estimate of drug-likeness (QED) is 0.743. The molecule has 0 saturated heterocycles. The molecule has 128 valence electrons. The SMILES string of the molecule is COC(=O)c1ccc(S(=O)(=O)NCCC(=O)O)cc1C(F)(F)F.